The van der Waals surface area contributed by atoms with Crippen LogP contribution >= 0.6 is 0 Å². The number of hydrogen-bond donors (Lipinski definition) is 2. The molecule has 2 rings (SSSR count). The minimum atomic E-state index is -0.0498. The molecule has 24 heavy (non-hydrogen) atoms. The maximum atomic E-state index is 12.4. The maximum Gasteiger partial charge on any atom is 0.241 e. The topological polar surface area (TPSA) is 75.4 Å². The van der Waals surface area contributed by atoms with Gasteiger partial charge in [-0.05, 0) is 30.4 Å². The van der Waals surface area contributed by atoms with Crippen molar-refractivity contribution in [3.05, 3.63) is 35.9 Å². The van der Waals surface area contributed by atoms with E-state index in [-0.39, 0.29) is 30.2 Å². The van der Waals surface area contributed by atoms with E-state index in [4.69, 9.17) is 5.73 Å². The highest BCUT2D eigenvalue weighted by molar-refractivity contribution is 5.85. The van der Waals surface area contributed by atoms with Gasteiger partial charge in [-0.15, -0.1) is 0 Å². The molecular weight excluding hydrogens is 302 g/mol. The molecule has 5 heteroatoms. The monoisotopic (exact) mass is 331 g/mol. The summed E-state index contributed by atoms with van der Waals surface area (Å²) < 4.78 is 0. The van der Waals surface area contributed by atoms with Crippen LogP contribution in [0.2, 0.25) is 0 Å². The summed E-state index contributed by atoms with van der Waals surface area (Å²) in [4.78, 5) is 26.0. The van der Waals surface area contributed by atoms with Gasteiger partial charge in [-0.3, -0.25) is 9.59 Å². The second kappa shape index (κ2) is 8.83. The number of hydrogen-bond acceptors (Lipinski definition) is 3. The average Bonchev–Trinajstić information content (AvgIpc) is 3.03. The fourth-order valence-electron chi connectivity index (χ4n) is 3.19. The van der Waals surface area contributed by atoms with Gasteiger partial charge in [0.15, 0.2) is 0 Å². The molecule has 0 aliphatic carbocycles. The highest BCUT2D eigenvalue weighted by Gasteiger charge is 2.35. The van der Waals surface area contributed by atoms with E-state index in [1.54, 1.807) is 0 Å². The first-order chi connectivity index (χ1) is 11.5. The molecule has 1 aliphatic rings. The van der Waals surface area contributed by atoms with Gasteiger partial charge in [-0.1, -0.05) is 44.2 Å². The van der Waals surface area contributed by atoms with Crippen molar-refractivity contribution >= 4 is 11.8 Å². The Balaban J connectivity index is 1.86. The Hall–Kier alpha value is -1.88. The summed E-state index contributed by atoms with van der Waals surface area (Å²) >= 11 is 0. The summed E-state index contributed by atoms with van der Waals surface area (Å²) in [5, 5.41) is 2.74. The second-order valence-electron chi connectivity index (χ2n) is 7.02. The summed E-state index contributed by atoms with van der Waals surface area (Å²) in [6.07, 6.45) is 1.32. The van der Waals surface area contributed by atoms with Gasteiger partial charge < -0.3 is 16.0 Å². The standard InChI is InChI=1S/C19H29N3O2/c1-14(2)8-9-18(23)21-11-19(24)22-12-16(10-20)17(13-22)15-6-4-3-5-7-15/h3-7,14,16-17H,8-13,20H2,1-2H3,(H,21,23)/t16-,17+/m1/s1. The highest BCUT2D eigenvalue weighted by Crippen LogP contribution is 2.31. The van der Waals surface area contributed by atoms with Crippen LogP contribution in [0.15, 0.2) is 30.3 Å². The van der Waals surface area contributed by atoms with E-state index in [2.05, 4.69) is 31.3 Å². The maximum absolute atomic E-state index is 12.4. The Morgan fingerprint density at radius 2 is 1.96 bits per heavy atom. The Morgan fingerprint density at radius 1 is 1.25 bits per heavy atom. The van der Waals surface area contributed by atoms with Crippen molar-refractivity contribution in [1.29, 1.82) is 0 Å². The molecule has 2 atom stereocenters. The number of nitrogens with one attached hydrogen (secondary N) is 1. The lowest BCUT2D eigenvalue weighted by molar-refractivity contribution is -0.132. The first-order valence-electron chi connectivity index (χ1n) is 8.80. The molecule has 5 nitrogen and oxygen atoms in total. The number of amides is 2. The second-order valence-corrected chi connectivity index (χ2v) is 7.02. The molecule has 2 amide bonds. The van der Waals surface area contributed by atoms with Gasteiger partial charge in [-0.2, -0.15) is 0 Å². The van der Waals surface area contributed by atoms with Crippen molar-refractivity contribution in [2.75, 3.05) is 26.2 Å². The lowest BCUT2D eigenvalue weighted by atomic mass is 9.89. The van der Waals surface area contributed by atoms with Gasteiger partial charge >= 0.3 is 0 Å². The Kier molecular flexibility index (Phi) is 6.79. The molecule has 0 aromatic heterocycles. The molecular formula is C19H29N3O2. The largest absolute Gasteiger partial charge is 0.347 e. The molecule has 3 N–H and O–H groups in total. The zero-order valence-corrected chi connectivity index (χ0v) is 14.7. The molecule has 0 radical (unpaired) electrons. The normalized spacial score (nSPS) is 20.4. The number of benzene rings is 1. The van der Waals surface area contributed by atoms with Crippen molar-refractivity contribution < 1.29 is 9.59 Å². The van der Waals surface area contributed by atoms with E-state index in [1.165, 1.54) is 5.56 Å². The van der Waals surface area contributed by atoms with Crippen LogP contribution in [0.25, 0.3) is 0 Å². The quantitative estimate of drug-likeness (QED) is 0.799. The summed E-state index contributed by atoms with van der Waals surface area (Å²) in [5.74, 6) is 0.961. The van der Waals surface area contributed by atoms with Gasteiger partial charge in [-0.25, -0.2) is 0 Å². The number of carbonyl (C=O) groups is 2. The van der Waals surface area contributed by atoms with E-state index in [1.807, 2.05) is 23.1 Å². The predicted octanol–water partition coefficient (Wildman–Crippen LogP) is 1.74. The fourth-order valence-corrected chi connectivity index (χ4v) is 3.19. The summed E-state index contributed by atoms with van der Waals surface area (Å²) in [5.41, 5.74) is 7.13. The third-order valence-electron chi connectivity index (χ3n) is 4.71. The van der Waals surface area contributed by atoms with Crippen molar-refractivity contribution in [2.45, 2.75) is 32.6 Å². The molecule has 132 valence electrons. The average molecular weight is 331 g/mol. The third-order valence-corrected chi connectivity index (χ3v) is 4.71. The van der Waals surface area contributed by atoms with Crippen LogP contribution in [0.1, 0.15) is 38.2 Å². The van der Waals surface area contributed by atoms with Crippen molar-refractivity contribution in [3.63, 3.8) is 0 Å². The van der Waals surface area contributed by atoms with E-state index >= 15 is 0 Å². The smallest absolute Gasteiger partial charge is 0.241 e. The number of nitrogens with zero attached hydrogens (tertiary/aromatic N) is 1. The Labute approximate surface area is 144 Å². The molecule has 1 saturated heterocycles. The van der Waals surface area contributed by atoms with Crippen LogP contribution in [0.3, 0.4) is 0 Å². The highest BCUT2D eigenvalue weighted by atomic mass is 16.2. The number of nitrogens with two attached hydrogens (primary N) is 1. The summed E-state index contributed by atoms with van der Waals surface area (Å²) in [7, 11) is 0. The molecule has 0 saturated carbocycles. The Morgan fingerprint density at radius 3 is 2.58 bits per heavy atom. The van der Waals surface area contributed by atoms with Crippen LogP contribution in [0.4, 0.5) is 0 Å². The van der Waals surface area contributed by atoms with E-state index in [0.717, 1.165) is 6.42 Å². The first kappa shape index (κ1) is 18.5. The van der Waals surface area contributed by atoms with Gasteiger partial charge in [0.1, 0.15) is 0 Å². The Bertz CT molecular complexity index is 545. The lowest BCUT2D eigenvalue weighted by Gasteiger charge is -2.17. The van der Waals surface area contributed by atoms with Gasteiger partial charge in [0.2, 0.25) is 11.8 Å². The van der Waals surface area contributed by atoms with Crippen molar-refractivity contribution in [2.24, 2.45) is 17.6 Å². The molecule has 0 unspecified atom stereocenters. The molecule has 0 spiro atoms. The predicted molar refractivity (Wildman–Crippen MR) is 95.4 cm³/mol. The molecule has 1 aliphatic heterocycles. The van der Waals surface area contributed by atoms with Crippen molar-refractivity contribution in [3.8, 4) is 0 Å². The number of likely N-dealkylation sites (tertiary alicyclic amines) is 1. The molecule has 1 fully saturated rings. The van der Waals surface area contributed by atoms with Gasteiger partial charge in [0.05, 0.1) is 6.54 Å². The fraction of sp³-hybridized carbons (Fsp3) is 0.579. The van der Waals surface area contributed by atoms with Crippen LogP contribution < -0.4 is 11.1 Å². The van der Waals surface area contributed by atoms with Gasteiger partial charge in [0.25, 0.3) is 0 Å². The minimum absolute atomic E-state index is 0.0234. The molecule has 1 aromatic rings. The van der Waals surface area contributed by atoms with Crippen LogP contribution in [-0.2, 0) is 9.59 Å². The number of carbonyl (C=O) groups excluding carboxylic acids is 2. The summed E-state index contributed by atoms with van der Waals surface area (Å²) in [6.45, 7) is 6.14. The van der Waals surface area contributed by atoms with Crippen molar-refractivity contribution in [1.82, 2.24) is 10.2 Å². The lowest BCUT2D eigenvalue weighted by Crippen LogP contribution is -2.39. The first-order valence-corrected chi connectivity index (χ1v) is 8.80. The number of rotatable bonds is 7. The molecule has 1 heterocycles. The molecule has 0 bridgehead atoms. The van der Waals surface area contributed by atoms with Gasteiger partial charge in [0, 0.05) is 25.4 Å². The minimum Gasteiger partial charge on any atom is -0.347 e. The van der Waals surface area contributed by atoms with E-state index < -0.39 is 0 Å². The van der Waals surface area contributed by atoms with E-state index in [0.29, 0.717) is 32.0 Å². The van der Waals surface area contributed by atoms with E-state index in [9.17, 15) is 9.59 Å². The third kappa shape index (κ3) is 5.06. The SMILES string of the molecule is CC(C)CCC(=O)NCC(=O)N1C[C@@H](CN)[C@H](c2ccccc2)C1. The zero-order chi connectivity index (χ0) is 17.5. The van der Waals surface area contributed by atoms with Crippen LogP contribution in [0.5, 0.6) is 0 Å². The van der Waals surface area contributed by atoms with Crippen LogP contribution in [-0.4, -0.2) is 42.9 Å². The summed E-state index contributed by atoms with van der Waals surface area (Å²) in [6, 6.07) is 10.2. The molecule has 1 aromatic carbocycles. The van der Waals surface area contributed by atoms with Crippen LogP contribution in [0, 0.1) is 11.8 Å². The zero-order valence-electron chi connectivity index (χ0n) is 14.7.